The molecule has 2 unspecified atom stereocenters. The van der Waals surface area contributed by atoms with E-state index >= 15 is 0 Å². The van der Waals surface area contributed by atoms with Gasteiger partial charge >= 0.3 is 0 Å². The molecule has 0 aromatic heterocycles. The van der Waals surface area contributed by atoms with Crippen molar-refractivity contribution in [2.24, 2.45) is 0 Å². The van der Waals surface area contributed by atoms with Crippen molar-refractivity contribution in [3.63, 3.8) is 0 Å². The first kappa shape index (κ1) is 39.5. The highest BCUT2D eigenvalue weighted by atomic mass is 15.2. The van der Waals surface area contributed by atoms with Crippen molar-refractivity contribution in [2.75, 3.05) is 9.80 Å². The van der Waals surface area contributed by atoms with E-state index in [9.17, 15) is 0 Å². The van der Waals surface area contributed by atoms with Crippen LogP contribution in [0.4, 0.5) is 22.7 Å². The van der Waals surface area contributed by atoms with E-state index in [1.165, 1.54) is 74.5 Å². The molecular weight excluding hydrogens is 749 g/mol. The van der Waals surface area contributed by atoms with E-state index in [0.717, 1.165) is 68.4 Å². The van der Waals surface area contributed by atoms with Gasteiger partial charge in [0.2, 0.25) is 0 Å². The van der Waals surface area contributed by atoms with E-state index < -0.39 is 0 Å². The van der Waals surface area contributed by atoms with Crippen LogP contribution >= 0.6 is 0 Å². The Hall–Kier alpha value is -6.64. The average Bonchev–Trinajstić information content (AvgIpc) is 3.36. The molecule has 2 heteroatoms. The van der Waals surface area contributed by atoms with Crippen LogP contribution in [0.3, 0.4) is 0 Å². The van der Waals surface area contributed by atoms with Gasteiger partial charge in [-0.1, -0.05) is 146 Å². The second kappa shape index (κ2) is 18.5. The molecule has 2 atom stereocenters. The largest absolute Gasteiger partial charge is 0.311 e. The van der Waals surface area contributed by atoms with Crippen molar-refractivity contribution >= 4 is 33.9 Å². The van der Waals surface area contributed by atoms with Crippen LogP contribution in [0.5, 0.6) is 0 Å². The summed E-state index contributed by atoms with van der Waals surface area (Å²) in [5.41, 5.74) is 17.6. The van der Waals surface area contributed by atoms with Gasteiger partial charge in [0.1, 0.15) is 0 Å². The highest BCUT2D eigenvalue weighted by Crippen LogP contribution is 2.40. The minimum absolute atomic E-state index is 0.307. The van der Waals surface area contributed by atoms with Crippen LogP contribution in [-0.2, 0) is 0 Å². The zero-order valence-electron chi connectivity index (χ0n) is 35.8. The molecule has 0 fully saturated rings. The molecule has 0 saturated carbocycles. The van der Waals surface area contributed by atoms with Crippen molar-refractivity contribution in [1.82, 2.24) is 0 Å². The number of allylic oxidation sites excluding steroid dienone is 16. The number of anilines is 4. The zero-order valence-corrected chi connectivity index (χ0v) is 35.8. The Morgan fingerprint density at radius 1 is 0.339 bits per heavy atom. The lowest BCUT2D eigenvalue weighted by molar-refractivity contribution is 0.617. The fraction of sp³-hybridized carbons (Fsp3) is 0.200. The number of hydrogen-bond acceptors (Lipinski definition) is 2. The van der Waals surface area contributed by atoms with Gasteiger partial charge in [-0.25, -0.2) is 0 Å². The Morgan fingerprint density at radius 2 is 0.823 bits per heavy atom. The summed E-state index contributed by atoms with van der Waals surface area (Å²) in [6.45, 7) is 0. The second-order valence-corrected chi connectivity index (χ2v) is 17.2. The fourth-order valence-electron chi connectivity index (χ4n) is 9.66. The number of rotatable bonds is 11. The van der Waals surface area contributed by atoms with Crippen LogP contribution in [0.15, 0.2) is 218 Å². The van der Waals surface area contributed by atoms with Crippen LogP contribution in [0, 0.1) is 0 Å². The van der Waals surface area contributed by atoms with E-state index in [2.05, 4.69) is 216 Å². The molecule has 0 aliphatic heterocycles. The molecule has 0 radical (unpaired) electrons. The molecular formula is C60H56N2. The van der Waals surface area contributed by atoms with Gasteiger partial charge in [0, 0.05) is 40.1 Å². The lowest BCUT2D eigenvalue weighted by Gasteiger charge is -2.31. The lowest BCUT2D eigenvalue weighted by atomic mass is 9.87. The molecule has 0 saturated heterocycles. The van der Waals surface area contributed by atoms with E-state index in [4.69, 9.17) is 0 Å². The molecule has 306 valence electrons. The summed E-state index contributed by atoms with van der Waals surface area (Å²) >= 11 is 0. The Morgan fingerprint density at radius 3 is 1.31 bits per heavy atom. The Labute approximate surface area is 369 Å². The lowest BCUT2D eigenvalue weighted by Crippen LogP contribution is -2.22. The second-order valence-electron chi connectivity index (χ2n) is 17.2. The molecule has 5 aromatic carbocycles. The summed E-state index contributed by atoms with van der Waals surface area (Å²) < 4.78 is 0. The molecule has 62 heavy (non-hydrogen) atoms. The Balaban J connectivity index is 0.879. The van der Waals surface area contributed by atoms with Crippen molar-refractivity contribution in [2.45, 2.75) is 76.0 Å². The minimum Gasteiger partial charge on any atom is -0.311 e. The van der Waals surface area contributed by atoms with Gasteiger partial charge in [-0.3, -0.25) is 0 Å². The Bertz CT molecular complexity index is 2560. The predicted molar refractivity (Wildman–Crippen MR) is 265 cm³/mol. The number of nitrogens with zero attached hydrogens (tertiary/aromatic N) is 2. The van der Waals surface area contributed by atoms with Crippen molar-refractivity contribution < 1.29 is 0 Å². The van der Waals surface area contributed by atoms with Crippen molar-refractivity contribution in [3.05, 3.63) is 240 Å². The van der Waals surface area contributed by atoms with E-state index in [-0.39, 0.29) is 0 Å². The van der Waals surface area contributed by atoms with Gasteiger partial charge in [-0.2, -0.15) is 0 Å². The Kier molecular flexibility index (Phi) is 11.8. The summed E-state index contributed by atoms with van der Waals surface area (Å²) in [4.78, 5) is 4.83. The monoisotopic (exact) mass is 804 g/mol. The SMILES string of the molecule is C1=CC(c2ccc(N(c3ccc(C4=CCCC=C4)cc3)c3ccc(C4C=CC(N(C5=CCCC=C5)c5ccc(-c6ccc(C7CC=CCC7)cc6)cc5)=CC4)cc3)cc2)=CCC1. The third-order valence-corrected chi connectivity index (χ3v) is 13.2. The van der Waals surface area contributed by atoms with Crippen LogP contribution in [0.25, 0.3) is 22.3 Å². The molecule has 10 rings (SSSR count). The fourth-order valence-corrected chi connectivity index (χ4v) is 9.66. The number of benzene rings is 5. The first-order valence-corrected chi connectivity index (χ1v) is 23.0. The topological polar surface area (TPSA) is 6.48 Å². The highest BCUT2D eigenvalue weighted by Gasteiger charge is 2.21. The molecule has 5 aromatic rings. The van der Waals surface area contributed by atoms with E-state index in [0.29, 0.717) is 11.8 Å². The van der Waals surface area contributed by atoms with Gasteiger partial charge in [0.25, 0.3) is 0 Å². The van der Waals surface area contributed by atoms with Gasteiger partial charge < -0.3 is 9.80 Å². The molecule has 0 spiro atoms. The van der Waals surface area contributed by atoms with Crippen LogP contribution < -0.4 is 9.80 Å². The van der Waals surface area contributed by atoms with Gasteiger partial charge in [-0.15, -0.1) is 0 Å². The molecule has 0 amide bonds. The number of hydrogen-bond donors (Lipinski definition) is 0. The maximum Gasteiger partial charge on any atom is 0.0462 e. The average molecular weight is 805 g/mol. The third-order valence-electron chi connectivity index (χ3n) is 13.2. The van der Waals surface area contributed by atoms with E-state index in [1.807, 2.05) is 0 Å². The molecule has 2 nitrogen and oxygen atoms in total. The quantitative estimate of drug-likeness (QED) is 0.123. The normalized spacial score (nSPS) is 19.4. The van der Waals surface area contributed by atoms with Gasteiger partial charge in [0.05, 0.1) is 0 Å². The standard InChI is InChI=1S/C60H56N2/c1-5-13-45(14-6-1)48-21-23-49(24-22-48)52-29-39-56(40-30-52)61(55-19-11-4-12-20-55)57-41-31-53(32-42-57)54-33-43-60(44-34-54)62(58-35-25-50(26-36-58)46-15-7-2-8-16-46)59-37-27-51(28-38-59)47-17-9-3-10-18-47/h1,5,7,9,11,15-31,33-45,53H,2-4,6,8,10,12-14,32H2. The van der Waals surface area contributed by atoms with E-state index in [1.54, 1.807) is 0 Å². The first-order chi connectivity index (χ1) is 30.7. The summed E-state index contributed by atoms with van der Waals surface area (Å²) in [7, 11) is 0. The molecule has 5 aliphatic rings. The maximum atomic E-state index is 2.44. The summed E-state index contributed by atoms with van der Waals surface area (Å²) in [5, 5.41) is 0. The molecule has 0 N–H and O–H groups in total. The molecule has 0 bridgehead atoms. The van der Waals surface area contributed by atoms with Crippen LogP contribution in [-0.4, -0.2) is 0 Å². The van der Waals surface area contributed by atoms with Gasteiger partial charge in [0.15, 0.2) is 0 Å². The predicted octanol–water partition coefficient (Wildman–Crippen LogP) is 16.8. The highest BCUT2D eigenvalue weighted by molar-refractivity contribution is 5.82. The zero-order chi connectivity index (χ0) is 41.5. The molecule has 0 heterocycles. The first-order valence-electron chi connectivity index (χ1n) is 23.0. The summed E-state index contributed by atoms with van der Waals surface area (Å²) in [5.74, 6) is 0.954. The summed E-state index contributed by atoms with van der Waals surface area (Å²) in [6, 6.07) is 45.9. The van der Waals surface area contributed by atoms with Crippen LogP contribution in [0.1, 0.15) is 98.3 Å². The minimum atomic E-state index is 0.307. The van der Waals surface area contributed by atoms with Crippen LogP contribution in [0.2, 0.25) is 0 Å². The van der Waals surface area contributed by atoms with Gasteiger partial charge in [-0.05, 0) is 175 Å². The van der Waals surface area contributed by atoms with Crippen molar-refractivity contribution in [1.29, 1.82) is 0 Å². The third kappa shape index (κ3) is 8.74. The summed E-state index contributed by atoms with van der Waals surface area (Å²) in [6.07, 6.45) is 43.8. The smallest absolute Gasteiger partial charge is 0.0462 e. The van der Waals surface area contributed by atoms with Crippen molar-refractivity contribution in [3.8, 4) is 11.1 Å². The maximum absolute atomic E-state index is 2.44. The molecule has 5 aliphatic carbocycles.